The monoisotopic (exact) mass is 336 g/mol. The second-order valence-electron chi connectivity index (χ2n) is 4.76. The van der Waals surface area contributed by atoms with E-state index in [1.165, 1.54) is 21.2 Å². The second-order valence-corrected chi connectivity index (χ2v) is 5.58. The molecule has 3 rings (SSSR count). The van der Waals surface area contributed by atoms with Crippen molar-refractivity contribution >= 4 is 28.7 Å². The van der Waals surface area contributed by atoms with Gasteiger partial charge in [-0.1, -0.05) is 29.3 Å². The highest BCUT2D eigenvalue weighted by molar-refractivity contribution is 6.42. The molecule has 0 saturated heterocycles. The van der Waals surface area contributed by atoms with Gasteiger partial charge < -0.3 is 14.1 Å². The molecule has 1 aromatic carbocycles. The lowest BCUT2D eigenvalue weighted by Crippen LogP contribution is -2.24. The summed E-state index contributed by atoms with van der Waals surface area (Å²) in [6, 6.07) is 6.26. The van der Waals surface area contributed by atoms with Crippen molar-refractivity contribution in [3.8, 4) is 5.75 Å². The summed E-state index contributed by atoms with van der Waals surface area (Å²) in [5.41, 5.74) is -0.346. The molecule has 3 aromatic rings. The van der Waals surface area contributed by atoms with Crippen LogP contribution in [0.5, 0.6) is 5.75 Å². The first-order valence-electron chi connectivity index (χ1n) is 6.34. The average Bonchev–Trinajstić information content (AvgIpc) is 2.49. The van der Waals surface area contributed by atoms with Gasteiger partial charge in [0.05, 0.1) is 16.6 Å². The molecule has 0 saturated carbocycles. The minimum atomic E-state index is -0.593. The number of aromatic hydroxyl groups is 1. The van der Waals surface area contributed by atoms with Crippen molar-refractivity contribution in [2.45, 2.75) is 6.54 Å². The van der Waals surface area contributed by atoms with Gasteiger partial charge in [-0.2, -0.15) is 0 Å². The predicted molar refractivity (Wildman–Crippen MR) is 85.2 cm³/mol. The number of rotatable bonds is 2. The number of aromatic nitrogens is 2. The van der Waals surface area contributed by atoms with Crippen LogP contribution in [0.1, 0.15) is 5.56 Å². The van der Waals surface area contributed by atoms with Crippen LogP contribution in [0, 0.1) is 0 Å². The van der Waals surface area contributed by atoms with Crippen molar-refractivity contribution in [3.05, 3.63) is 79.0 Å². The first kappa shape index (κ1) is 14.7. The highest BCUT2D eigenvalue weighted by Gasteiger charge is 2.10. The number of benzene rings is 1. The summed E-state index contributed by atoms with van der Waals surface area (Å²) in [4.78, 5) is 23.9. The second kappa shape index (κ2) is 5.51. The fourth-order valence-corrected chi connectivity index (χ4v) is 2.51. The molecule has 0 unspecified atom stereocenters. The molecule has 112 valence electrons. The van der Waals surface area contributed by atoms with Crippen LogP contribution >= 0.6 is 23.2 Å². The van der Waals surface area contributed by atoms with Crippen LogP contribution in [0.15, 0.2) is 52.4 Å². The highest BCUT2D eigenvalue weighted by Crippen LogP contribution is 2.22. The van der Waals surface area contributed by atoms with E-state index in [0.29, 0.717) is 10.0 Å². The van der Waals surface area contributed by atoms with Crippen molar-refractivity contribution in [2.24, 2.45) is 0 Å². The summed E-state index contributed by atoms with van der Waals surface area (Å²) in [6.45, 7) is 0.245. The first-order valence-corrected chi connectivity index (χ1v) is 7.10. The fraction of sp³-hybridized carbons (Fsp3) is 0.0667. The highest BCUT2D eigenvalue weighted by atomic mass is 35.5. The maximum Gasteiger partial charge on any atom is 0.279 e. The van der Waals surface area contributed by atoms with Crippen LogP contribution in [0.2, 0.25) is 10.0 Å². The molecule has 2 heterocycles. The first-order chi connectivity index (χ1) is 10.5. The third-order valence-electron chi connectivity index (χ3n) is 3.31. The molecule has 0 spiro atoms. The van der Waals surface area contributed by atoms with Crippen LogP contribution in [-0.4, -0.2) is 14.1 Å². The molecule has 7 heteroatoms. The van der Waals surface area contributed by atoms with Crippen molar-refractivity contribution in [1.29, 1.82) is 0 Å². The van der Waals surface area contributed by atoms with Gasteiger partial charge in [0.25, 0.3) is 5.56 Å². The molecule has 5 nitrogen and oxygen atoms in total. The molecule has 0 bridgehead atoms. The van der Waals surface area contributed by atoms with Gasteiger partial charge in [0.2, 0.25) is 5.43 Å². The van der Waals surface area contributed by atoms with Crippen molar-refractivity contribution < 1.29 is 5.11 Å². The van der Waals surface area contributed by atoms with Gasteiger partial charge in [0.1, 0.15) is 0 Å². The van der Waals surface area contributed by atoms with E-state index in [4.69, 9.17) is 23.2 Å². The molecular formula is C15H10Cl2N2O3. The third kappa shape index (κ3) is 2.49. The molecule has 0 aliphatic rings. The number of hydrogen-bond acceptors (Lipinski definition) is 3. The van der Waals surface area contributed by atoms with Crippen LogP contribution < -0.4 is 11.0 Å². The Bertz CT molecular complexity index is 992. The lowest BCUT2D eigenvalue weighted by Gasteiger charge is -2.09. The Labute approximate surface area is 134 Å². The van der Waals surface area contributed by atoms with Crippen molar-refractivity contribution in [3.63, 3.8) is 0 Å². The minimum absolute atomic E-state index is 0.0601. The molecule has 0 aliphatic carbocycles. The van der Waals surface area contributed by atoms with Gasteiger partial charge in [-0.25, -0.2) is 0 Å². The topological polar surface area (TPSA) is 63.7 Å². The number of hydrogen-bond donors (Lipinski definition) is 1. The van der Waals surface area contributed by atoms with E-state index in [1.807, 2.05) is 0 Å². The normalized spacial score (nSPS) is 11.0. The van der Waals surface area contributed by atoms with Gasteiger partial charge in [0.15, 0.2) is 11.3 Å². The zero-order valence-electron chi connectivity index (χ0n) is 11.2. The molecule has 2 aromatic heterocycles. The van der Waals surface area contributed by atoms with E-state index in [1.54, 1.807) is 30.6 Å². The maximum absolute atomic E-state index is 12.4. The van der Waals surface area contributed by atoms with Crippen LogP contribution in [0.3, 0.4) is 0 Å². The Morgan fingerprint density at radius 2 is 1.77 bits per heavy atom. The van der Waals surface area contributed by atoms with Crippen LogP contribution in [-0.2, 0) is 6.54 Å². The molecule has 22 heavy (non-hydrogen) atoms. The maximum atomic E-state index is 12.4. The van der Waals surface area contributed by atoms with E-state index in [-0.39, 0.29) is 12.1 Å². The quantitative estimate of drug-likeness (QED) is 0.782. The van der Waals surface area contributed by atoms with Crippen LogP contribution in [0.4, 0.5) is 0 Å². The van der Waals surface area contributed by atoms with Gasteiger partial charge >= 0.3 is 0 Å². The van der Waals surface area contributed by atoms with E-state index in [0.717, 1.165) is 5.56 Å². The van der Waals surface area contributed by atoms with E-state index < -0.39 is 16.7 Å². The van der Waals surface area contributed by atoms with Gasteiger partial charge in [-0.3, -0.25) is 9.59 Å². The average molecular weight is 337 g/mol. The molecule has 0 radical (unpaired) electrons. The summed E-state index contributed by atoms with van der Waals surface area (Å²) in [6.07, 6.45) is 4.59. The Kier molecular flexibility index (Phi) is 3.68. The molecule has 0 atom stereocenters. The number of fused-ring (bicyclic) bond motifs is 1. The molecule has 1 N–H and O–H groups in total. The molecular weight excluding hydrogens is 327 g/mol. The fourth-order valence-electron chi connectivity index (χ4n) is 2.19. The Hall–Kier alpha value is -2.24. The van der Waals surface area contributed by atoms with Gasteiger partial charge in [0, 0.05) is 24.7 Å². The number of halogens is 2. The van der Waals surface area contributed by atoms with Crippen molar-refractivity contribution in [2.75, 3.05) is 0 Å². The number of pyridine rings is 1. The summed E-state index contributed by atoms with van der Waals surface area (Å²) >= 11 is 11.8. The van der Waals surface area contributed by atoms with E-state index in [2.05, 4.69) is 0 Å². The zero-order valence-corrected chi connectivity index (χ0v) is 12.7. The summed E-state index contributed by atoms with van der Waals surface area (Å²) in [7, 11) is 0. The largest absolute Gasteiger partial charge is 0.503 e. The standard InChI is InChI=1S/C15H10Cl2N2O3/c16-10-2-1-9(7-11(10)17)8-19-6-5-18-4-3-12(20)14(21)13(18)15(19)22/h1-7,21H,8H2. The minimum Gasteiger partial charge on any atom is -0.503 e. The predicted octanol–water partition coefficient (Wildman–Crippen LogP) is 2.52. The Balaban J connectivity index is 2.14. The van der Waals surface area contributed by atoms with Gasteiger partial charge in [-0.05, 0) is 17.7 Å². The van der Waals surface area contributed by atoms with Crippen LogP contribution in [0.25, 0.3) is 5.52 Å². The Morgan fingerprint density at radius 1 is 1.00 bits per heavy atom. The van der Waals surface area contributed by atoms with E-state index in [9.17, 15) is 14.7 Å². The number of nitrogens with zero attached hydrogens (tertiary/aromatic N) is 2. The SMILES string of the molecule is O=c1ccn2ccn(Cc3ccc(Cl)c(Cl)c3)c(=O)c2c1O. The molecule has 0 fully saturated rings. The summed E-state index contributed by atoms with van der Waals surface area (Å²) in [5, 5.41) is 10.7. The van der Waals surface area contributed by atoms with Crippen molar-refractivity contribution in [1.82, 2.24) is 8.97 Å². The smallest absolute Gasteiger partial charge is 0.279 e. The van der Waals surface area contributed by atoms with Gasteiger partial charge in [-0.15, -0.1) is 0 Å². The summed E-state index contributed by atoms with van der Waals surface area (Å²) in [5.74, 6) is -0.559. The lowest BCUT2D eigenvalue weighted by molar-refractivity contribution is 0.472. The van der Waals surface area contributed by atoms with E-state index >= 15 is 0 Å². The molecule has 0 aliphatic heterocycles. The summed E-state index contributed by atoms with van der Waals surface area (Å²) < 4.78 is 2.79. The molecule has 0 amide bonds. The zero-order chi connectivity index (χ0) is 15.9. The lowest BCUT2D eigenvalue weighted by atomic mass is 10.2. The third-order valence-corrected chi connectivity index (χ3v) is 4.05. The Morgan fingerprint density at radius 3 is 2.50 bits per heavy atom.